The lowest BCUT2D eigenvalue weighted by molar-refractivity contribution is 0.249. The van der Waals surface area contributed by atoms with Crippen LogP contribution < -0.4 is 10.2 Å². The number of benzene rings is 1. The van der Waals surface area contributed by atoms with E-state index >= 15 is 0 Å². The first-order valence-electron chi connectivity index (χ1n) is 8.65. The van der Waals surface area contributed by atoms with Gasteiger partial charge in [-0.05, 0) is 49.8 Å². The first-order chi connectivity index (χ1) is 10.1. The molecule has 1 saturated carbocycles. The van der Waals surface area contributed by atoms with Crippen LogP contribution in [0.25, 0.3) is 0 Å². The lowest BCUT2D eigenvalue weighted by atomic mass is 9.82. The molecule has 2 atom stereocenters. The van der Waals surface area contributed by atoms with Gasteiger partial charge in [0.05, 0.1) is 0 Å². The Labute approximate surface area is 130 Å². The highest BCUT2D eigenvalue weighted by molar-refractivity contribution is 5.46. The maximum atomic E-state index is 3.89. The molecule has 0 saturated heterocycles. The molecule has 0 bridgehead atoms. The van der Waals surface area contributed by atoms with Crippen molar-refractivity contribution < 1.29 is 0 Å². The molecule has 0 amide bonds. The minimum absolute atomic E-state index is 0.438. The summed E-state index contributed by atoms with van der Waals surface area (Å²) in [5.41, 5.74) is 2.67. The summed E-state index contributed by atoms with van der Waals surface area (Å²) >= 11 is 0. The van der Waals surface area contributed by atoms with E-state index in [9.17, 15) is 0 Å². The molecule has 0 spiro atoms. The molecule has 1 fully saturated rings. The van der Waals surface area contributed by atoms with Gasteiger partial charge in [-0.1, -0.05) is 38.3 Å². The minimum atomic E-state index is 0.438. The molecule has 0 aromatic heterocycles. The van der Waals surface area contributed by atoms with E-state index in [1.165, 1.54) is 49.8 Å². The molecule has 21 heavy (non-hydrogen) atoms. The average molecular weight is 288 g/mol. The van der Waals surface area contributed by atoms with Crippen LogP contribution in [0.2, 0.25) is 0 Å². The third kappa shape index (κ3) is 4.47. The highest BCUT2D eigenvalue weighted by atomic mass is 15.1. The van der Waals surface area contributed by atoms with E-state index in [1.54, 1.807) is 0 Å². The van der Waals surface area contributed by atoms with Crippen LogP contribution in [0.3, 0.4) is 0 Å². The second kappa shape index (κ2) is 7.84. The van der Waals surface area contributed by atoms with E-state index in [0.29, 0.717) is 12.1 Å². The maximum absolute atomic E-state index is 3.89. The van der Waals surface area contributed by atoms with Crippen LogP contribution in [-0.2, 0) is 0 Å². The van der Waals surface area contributed by atoms with Gasteiger partial charge >= 0.3 is 0 Å². The van der Waals surface area contributed by atoms with Crippen molar-refractivity contribution >= 4 is 5.69 Å². The lowest BCUT2D eigenvalue weighted by Gasteiger charge is -2.33. The van der Waals surface area contributed by atoms with Gasteiger partial charge < -0.3 is 10.2 Å². The van der Waals surface area contributed by atoms with Gasteiger partial charge in [-0.25, -0.2) is 0 Å². The van der Waals surface area contributed by atoms with Crippen molar-refractivity contribution in [3.63, 3.8) is 0 Å². The van der Waals surface area contributed by atoms with Gasteiger partial charge in [0.2, 0.25) is 0 Å². The molecule has 0 heterocycles. The van der Waals surface area contributed by atoms with Crippen LogP contribution in [0.4, 0.5) is 5.69 Å². The first-order valence-corrected chi connectivity index (χ1v) is 8.65. The van der Waals surface area contributed by atoms with Gasteiger partial charge in [0.1, 0.15) is 0 Å². The van der Waals surface area contributed by atoms with E-state index < -0.39 is 0 Å². The number of nitrogens with one attached hydrogen (secondary N) is 1. The Morgan fingerprint density at radius 2 is 1.71 bits per heavy atom. The second-order valence-electron chi connectivity index (χ2n) is 6.79. The van der Waals surface area contributed by atoms with Gasteiger partial charge in [0, 0.05) is 31.9 Å². The normalized spacial score (nSPS) is 19.2. The third-order valence-corrected chi connectivity index (χ3v) is 5.03. The van der Waals surface area contributed by atoms with E-state index in [1.807, 2.05) is 0 Å². The number of hydrogen-bond acceptors (Lipinski definition) is 2. The fourth-order valence-corrected chi connectivity index (χ4v) is 3.60. The van der Waals surface area contributed by atoms with Crippen molar-refractivity contribution in [3.8, 4) is 0 Å². The minimum Gasteiger partial charge on any atom is -0.378 e. The summed E-state index contributed by atoms with van der Waals surface area (Å²) in [6, 6.07) is 10.1. The highest BCUT2D eigenvalue weighted by Gasteiger charge is 2.23. The fourth-order valence-electron chi connectivity index (χ4n) is 3.60. The van der Waals surface area contributed by atoms with Crippen molar-refractivity contribution in [1.82, 2.24) is 5.32 Å². The first kappa shape index (κ1) is 16.4. The van der Waals surface area contributed by atoms with Gasteiger partial charge in [-0.3, -0.25) is 0 Å². The van der Waals surface area contributed by atoms with Crippen LogP contribution in [-0.4, -0.2) is 20.1 Å². The summed E-state index contributed by atoms with van der Waals surface area (Å²) < 4.78 is 0. The van der Waals surface area contributed by atoms with Crippen LogP contribution >= 0.6 is 0 Å². The molecule has 1 aliphatic rings. The monoisotopic (exact) mass is 288 g/mol. The Kier molecular flexibility index (Phi) is 6.10. The molecule has 1 aromatic rings. The van der Waals surface area contributed by atoms with E-state index in [4.69, 9.17) is 0 Å². The molecule has 118 valence electrons. The fraction of sp³-hybridized carbons (Fsp3) is 0.684. The molecule has 1 aromatic carbocycles. The van der Waals surface area contributed by atoms with Crippen molar-refractivity contribution in [2.45, 2.75) is 64.5 Å². The molecular weight excluding hydrogens is 256 g/mol. The molecule has 0 aliphatic heterocycles. The van der Waals surface area contributed by atoms with E-state index in [-0.39, 0.29) is 0 Å². The smallest absolute Gasteiger partial charge is 0.0361 e. The average Bonchev–Trinajstić information content (AvgIpc) is 2.53. The molecule has 0 radical (unpaired) electrons. The molecule has 2 heteroatoms. The Morgan fingerprint density at radius 3 is 2.24 bits per heavy atom. The summed E-state index contributed by atoms with van der Waals surface area (Å²) in [4.78, 5) is 2.15. The van der Waals surface area contributed by atoms with E-state index in [0.717, 1.165) is 5.92 Å². The van der Waals surface area contributed by atoms with Crippen LogP contribution in [0.15, 0.2) is 24.3 Å². The predicted octanol–water partition coefficient (Wildman–Crippen LogP) is 4.76. The molecule has 1 N–H and O–H groups in total. The summed E-state index contributed by atoms with van der Waals surface area (Å²) in [5.74, 6) is 0.882. The number of nitrogens with zero attached hydrogens (tertiary/aromatic N) is 1. The Morgan fingerprint density at radius 1 is 1.10 bits per heavy atom. The zero-order valence-electron chi connectivity index (χ0n) is 14.2. The highest BCUT2D eigenvalue weighted by Crippen LogP contribution is 2.29. The molecule has 1 aliphatic carbocycles. The summed E-state index contributed by atoms with van der Waals surface area (Å²) in [7, 11) is 4.18. The van der Waals surface area contributed by atoms with Gasteiger partial charge in [0.15, 0.2) is 0 Å². The number of rotatable bonds is 6. The predicted molar refractivity (Wildman–Crippen MR) is 93.0 cm³/mol. The van der Waals surface area contributed by atoms with Crippen molar-refractivity contribution in [2.75, 3.05) is 19.0 Å². The van der Waals surface area contributed by atoms with Crippen molar-refractivity contribution in [3.05, 3.63) is 29.8 Å². The number of anilines is 1. The van der Waals surface area contributed by atoms with Crippen LogP contribution in [0, 0.1) is 5.92 Å². The van der Waals surface area contributed by atoms with Crippen LogP contribution in [0.1, 0.15) is 64.0 Å². The molecular formula is C19H32N2. The largest absolute Gasteiger partial charge is 0.378 e. The van der Waals surface area contributed by atoms with Gasteiger partial charge in [-0.2, -0.15) is 0 Å². The quantitative estimate of drug-likeness (QED) is 0.811. The summed E-state index contributed by atoms with van der Waals surface area (Å²) in [5, 5.41) is 3.89. The van der Waals surface area contributed by atoms with Gasteiger partial charge in [0.25, 0.3) is 0 Å². The lowest BCUT2D eigenvalue weighted by Crippen LogP contribution is -2.38. The number of hydrogen-bond donors (Lipinski definition) is 1. The second-order valence-corrected chi connectivity index (χ2v) is 6.79. The molecule has 2 rings (SSSR count). The standard InChI is InChI=1S/C19H32N2/c1-5-19(17-9-7-6-8-10-17)20-15(2)16-11-13-18(14-12-16)21(3)4/h11-15,17,19-20H,5-10H2,1-4H3. The maximum Gasteiger partial charge on any atom is 0.0361 e. The Balaban J connectivity index is 1.96. The summed E-state index contributed by atoms with van der Waals surface area (Å²) in [6.07, 6.45) is 8.36. The molecule has 2 unspecified atom stereocenters. The Bertz CT molecular complexity index is 404. The molecule has 2 nitrogen and oxygen atoms in total. The van der Waals surface area contributed by atoms with Gasteiger partial charge in [-0.15, -0.1) is 0 Å². The summed E-state index contributed by atoms with van der Waals surface area (Å²) in [6.45, 7) is 4.63. The van der Waals surface area contributed by atoms with Crippen molar-refractivity contribution in [2.24, 2.45) is 5.92 Å². The van der Waals surface area contributed by atoms with Crippen molar-refractivity contribution in [1.29, 1.82) is 0 Å². The Hall–Kier alpha value is -1.02. The third-order valence-electron chi connectivity index (χ3n) is 5.03. The zero-order valence-corrected chi connectivity index (χ0v) is 14.2. The topological polar surface area (TPSA) is 15.3 Å². The SMILES string of the molecule is CCC(NC(C)c1ccc(N(C)C)cc1)C1CCCCC1. The zero-order chi connectivity index (χ0) is 15.2. The van der Waals surface area contributed by atoms with Crippen LogP contribution in [0.5, 0.6) is 0 Å². The van der Waals surface area contributed by atoms with E-state index in [2.05, 4.69) is 62.4 Å².